The summed E-state index contributed by atoms with van der Waals surface area (Å²) in [5.41, 5.74) is 10.8. The fourth-order valence-corrected chi connectivity index (χ4v) is 8.52. The van der Waals surface area contributed by atoms with Gasteiger partial charge in [-0.05, 0) is 61.3 Å². The third-order valence-corrected chi connectivity index (χ3v) is 10.8. The molecule has 164 valence electrons. The molecule has 0 saturated carbocycles. The Kier molecular flexibility index (Phi) is 5.08. The second-order valence-electron chi connectivity index (χ2n) is 9.87. The topological polar surface area (TPSA) is 0 Å². The summed E-state index contributed by atoms with van der Waals surface area (Å²) in [5.74, 6) is 0. The predicted molar refractivity (Wildman–Crippen MR) is 149 cm³/mol. The Labute approximate surface area is 203 Å². The van der Waals surface area contributed by atoms with Gasteiger partial charge in [0.25, 0.3) is 0 Å². The van der Waals surface area contributed by atoms with Gasteiger partial charge >= 0.3 is 0 Å². The van der Waals surface area contributed by atoms with Gasteiger partial charge in [0.1, 0.15) is 8.07 Å². The number of benzene rings is 5. The molecule has 0 atom stereocenters. The molecule has 1 aliphatic heterocycles. The maximum Gasteiger partial charge on any atom is 0.113 e. The zero-order valence-corrected chi connectivity index (χ0v) is 20.8. The smallest absolute Gasteiger partial charge is 0.0622 e. The van der Waals surface area contributed by atoms with E-state index in [2.05, 4.69) is 134 Å². The highest BCUT2D eigenvalue weighted by Gasteiger charge is 2.37. The van der Waals surface area contributed by atoms with Crippen LogP contribution in [0, 0.1) is 0 Å². The molecule has 34 heavy (non-hydrogen) atoms. The average molecular weight is 453 g/mol. The third-order valence-electron chi connectivity index (χ3n) is 7.32. The molecule has 5 aromatic rings. The van der Waals surface area contributed by atoms with Crippen LogP contribution >= 0.6 is 0 Å². The van der Waals surface area contributed by atoms with Gasteiger partial charge in [0.15, 0.2) is 0 Å². The number of hydrogen-bond donors (Lipinski definition) is 0. The van der Waals surface area contributed by atoms with Crippen LogP contribution in [-0.4, -0.2) is 8.07 Å². The van der Waals surface area contributed by atoms with E-state index < -0.39 is 8.07 Å². The lowest BCUT2D eigenvalue weighted by molar-refractivity contribution is 1.20. The van der Waals surface area contributed by atoms with Gasteiger partial charge in [0.2, 0.25) is 0 Å². The molecular weight excluding hydrogens is 424 g/mol. The van der Waals surface area contributed by atoms with Gasteiger partial charge in [-0.3, -0.25) is 0 Å². The van der Waals surface area contributed by atoms with Crippen LogP contribution in [0.5, 0.6) is 0 Å². The Balaban J connectivity index is 1.30. The molecule has 5 aromatic carbocycles. The molecule has 0 saturated heterocycles. The lowest BCUT2D eigenvalue weighted by Gasteiger charge is -2.20. The molecule has 6 rings (SSSR count). The largest absolute Gasteiger partial charge is 0.113 e. The Hall–Kier alpha value is -3.68. The van der Waals surface area contributed by atoms with Crippen LogP contribution in [0.3, 0.4) is 0 Å². The molecule has 0 nitrogen and oxygen atoms in total. The van der Waals surface area contributed by atoms with Crippen LogP contribution in [-0.2, 0) is 6.42 Å². The molecule has 1 aliphatic rings. The van der Waals surface area contributed by atoms with Gasteiger partial charge in [-0.2, -0.15) is 0 Å². The molecule has 0 fully saturated rings. The molecule has 1 heteroatoms. The first-order valence-corrected chi connectivity index (χ1v) is 15.1. The van der Waals surface area contributed by atoms with Gasteiger partial charge in [-0.15, -0.1) is 0 Å². The van der Waals surface area contributed by atoms with Crippen molar-refractivity contribution in [3.05, 3.63) is 132 Å². The summed E-state index contributed by atoms with van der Waals surface area (Å²) in [7, 11) is -1.75. The van der Waals surface area contributed by atoms with E-state index in [9.17, 15) is 0 Å². The van der Waals surface area contributed by atoms with Crippen molar-refractivity contribution in [2.45, 2.75) is 19.5 Å². The van der Waals surface area contributed by atoms with E-state index >= 15 is 0 Å². The lowest BCUT2D eigenvalue weighted by Crippen LogP contribution is -2.49. The molecule has 0 bridgehead atoms. The van der Waals surface area contributed by atoms with Crippen LogP contribution in [0.25, 0.3) is 33.4 Å². The first-order chi connectivity index (χ1) is 16.6. The minimum Gasteiger partial charge on any atom is -0.0622 e. The zero-order valence-electron chi connectivity index (χ0n) is 19.8. The molecule has 0 aliphatic carbocycles. The van der Waals surface area contributed by atoms with E-state index in [-0.39, 0.29) is 0 Å². The number of rotatable bonds is 4. The summed E-state index contributed by atoms with van der Waals surface area (Å²) in [6.45, 7) is 5.01. The number of fused-ring (bicyclic) bond motifs is 3. The Bertz CT molecular complexity index is 1460. The highest BCUT2D eigenvalue weighted by atomic mass is 28.3. The van der Waals surface area contributed by atoms with Gasteiger partial charge < -0.3 is 0 Å². The Morgan fingerprint density at radius 2 is 0.912 bits per heavy atom. The van der Waals surface area contributed by atoms with E-state index in [0.717, 1.165) is 6.42 Å². The highest BCUT2D eigenvalue weighted by Crippen LogP contribution is 2.32. The van der Waals surface area contributed by atoms with Crippen molar-refractivity contribution in [2.75, 3.05) is 0 Å². The zero-order chi connectivity index (χ0) is 23.1. The molecule has 0 aromatic heterocycles. The SMILES string of the molecule is C[Si]1(C)c2cc(Cc3ccc(-c4ccccc4)cc3)ccc2-c2ccc(-c3ccccc3)cc21. The van der Waals surface area contributed by atoms with Crippen molar-refractivity contribution in [1.82, 2.24) is 0 Å². The highest BCUT2D eigenvalue weighted by molar-refractivity contribution is 7.03. The van der Waals surface area contributed by atoms with Gasteiger partial charge in [0.05, 0.1) is 0 Å². The second-order valence-corrected chi connectivity index (χ2v) is 14.2. The summed E-state index contributed by atoms with van der Waals surface area (Å²) in [6, 6.07) is 44.7. The van der Waals surface area contributed by atoms with Crippen LogP contribution in [0.2, 0.25) is 13.1 Å². The molecule has 0 amide bonds. The predicted octanol–water partition coefficient (Wildman–Crippen LogP) is 7.41. The van der Waals surface area contributed by atoms with Crippen molar-refractivity contribution in [3.63, 3.8) is 0 Å². The van der Waals surface area contributed by atoms with Crippen molar-refractivity contribution in [2.24, 2.45) is 0 Å². The monoisotopic (exact) mass is 452 g/mol. The minimum atomic E-state index is -1.75. The average Bonchev–Trinajstić information content (AvgIpc) is 3.11. The maximum atomic E-state index is 2.50. The summed E-state index contributed by atoms with van der Waals surface area (Å²) in [6.07, 6.45) is 0.971. The van der Waals surface area contributed by atoms with Crippen LogP contribution in [0.15, 0.2) is 121 Å². The fraction of sp³-hybridized carbons (Fsp3) is 0.0909. The Morgan fingerprint density at radius 1 is 0.441 bits per heavy atom. The fourth-order valence-electron chi connectivity index (χ4n) is 5.39. The van der Waals surface area contributed by atoms with Gasteiger partial charge in [0, 0.05) is 0 Å². The second kappa shape index (κ2) is 8.27. The van der Waals surface area contributed by atoms with E-state index in [1.54, 1.807) is 10.4 Å². The van der Waals surface area contributed by atoms with Crippen molar-refractivity contribution in [3.8, 4) is 33.4 Å². The molecule has 1 heterocycles. The molecule has 0 unspecified atom stereocenters. The summed E-state index contributed by atoms with van der Waals surface area (Å²) in [5, 5.41) is 3.14. The van der Waals surface area contributed by atoms with Crippen molar-refractivity contribution >= 4 is 18.4 Å². The quantitative estimate of drug-likeness (QED) is 0.249. The van der Waals surface area contributed by atoms with Crippen LogP contribution in [0.4, 0.5) is 0 Å². The molecular formula is C33H28Si. The van der Waals surface area contributed by atoms with E-state index in [1.807, 2.05) is 0 Å². The van der Waals surface area contributed by atoms with Gasteiger partial charge in [-0.1, -0.05) is 134 Å². The first kappa shape index (κ1) is 20.9. The normalized spacial score (nSPS) is 13.4. The van der Waals surface area contributed by atoms with Crippen LogP contribution < -0.4 is 10.4 Å². The third kappa shape index (κ3) is 3.63. The van der Waals surface area contributed by atoms with Crippen molar-refractivity contribution in [1.29, 1.82) is 0 Å². The standard InChI is InChI=1S/C33H28Si/c1-34(2)32-22-25(21-24-13-16-28(17-14-24)26-9-5-3-6-10-26)15-19-30(32)31-20-18-29(23-33(31)34)27-11-7-4-8-12-27/h3-20,22-23H,21H2,1-2H3. The van der Waals surface area contributed by atoms with E-state index in [4.69, 9.17) is 0 Å². The Morgan fingerprint density at radius 3 is 1.56 bits per heavy atom. The minimum absolute atomic E-state index is 0.971. The molecule has 0 spiro atoms. The van der Waals surface area contributed by atoms with E-state index in [0.29, 0.717) is 0 Å². The summed E-state index contributed by atoms with van der Waals surface area (Å²) < 4.78 is 0. The van der Waals surface area contributed by atoms with Crippen molar-refractivity contribution < 1.29 is 0 Å². The molecule has 0 radical (unpaired) electrons. The van der Waals surface area contributed by atoms with Crippen LogP contribution in [0.1, 0.15) is 11.1 Å². The van der Waals surface area contributed by atoms with Gasteiger partial charge in [-0.25, -0.2) is 0 Å². The lowest BCUT2D eigenvalue weighted by atomic mass is 9.97. The maximum absolute atomic E-state index is 2.50. The number of hydrogen-bond acceptors (Lipinski definition) is 0. The first-order valence-electron chi connectivity index (χ1n) is 12.1. The summed E-state index contributed by atoms with van der Waals surface area (Å²) >= 11 is 0. The molecule has 0 N–H and O–H groups in total. The summed E-state index contributed by atoms with van der Waals surface area (Å²) in [4.78, 5) is 0. The van der Waals surface area contributed by atoms with E-state index in [1.165, 1.54) is 44.5 Å².